The second-order valence-corrected chi connectivity index (χ2v) is 3.66. The third-order valence-corrected chi connectivity index (χ3v) is 3.10. The molecule has 0 spiro atoms. The molecule has 2 heterocycles. The summed E-state index contributed by atoms with van der Waals surface area (Å²) in [4.78, 5) is 2.59. The summed E-state index contributed by atoms with van der Waals surface area (Å²) in [6.45, 7) is 0. The molecule has 2 aliphatic rings. The second-order valence-electron chi connectivity index (χ2n) is 3.66. The summed E-state index contributed by atoms with van der Waals surface area (Å²) < 4.78 is 0. The SMILES string of the molecule is CN1C2C[CH]CC1CCC2. The van der Waals surface area contributed by atoms with Crippen LogP contribution < -0.4 is 0 Å². The van der Waals surface area contributed by atoms with Crippen molar-refractivity contribution in [2.75, 3.05) is 7.05 Å². The third-order valence-electron chi connectivity index (χ3n) is 3.10. The average Bonchev–Trinajstić information content (AvgIpc) is 1.86. The summed E-state index contributed by atoms with van der Waals surface area (Å²) >= 11 is 0. The van der Waals surface area contributed by atoms with Gasteiger partial charge in [0.2, 0.25) is 0 Å². The molecular formula is C9H16N. The molecule has 2 fully saturated rings. The fourth-order valence-corrected chi connectivity index (χ4v) is 2.34. The molecule has 2 unspecified atom stereocenters. The Morgan fingerprint density at radius 3 is 2.30 bits per heavy atom. The van der Waals surface area contributed by atoms with E-state index < -0.39 is 0 Å². The van der Waals surface area contributed by atoms with Gasteiger partial charge >= 0.3 is 0 Å². The van der Waals surface area contributed by atoms with Crippen molar-refractivity contribution in [3.05, 3.63) is 6.42 Å². The predicted octanol–water partition coefficient (Wildman–Crippen LogP) is 1.84. The van der Waals surface area contributed by atoms with Crippen LogP contribution in [0.1, 0.15) is 32.1 Å². The molecule has 0 aromatic rings. The number of piperidine rings is 2. The zero-order chi connectivity index (χ0) is 6.97. The van der Waals surface area contributed by atoms with Crippen LogP contribution in [0.25, 0.3) is 0 Å². The van der Waals surface area contributed by atoms with Gasteiger partial charge < -0.3 is 4.90 Å². The van der Waals surface area contributed by atoms with Crippen molar-refractivity contribution in [2.45, 2.75) is 44.2 Å². The lowest BCUT2D eigenvalue weighted by Gasteiger charge is -2.43. The quantitative estimate of drug-likeness (QED) is 0.493. The first-order chi connectivity index (χ1) is 4.88. The molecule has 0 N–H and O–H groups in total. The van der Waals surface area contributed by atoms with Crippen molar-refractivity contribution in [3.63, 3.8) is 0 Å². The number of nitrogens with zero attached hydrogens (tertiary/aromatic N) is 1. The van der Waals surface area contributed by atoms with Crippen LogP contribution >= 0.6 is 0 Å². The normalized spacial score (nSPS) is 41.7. The van der Waals surface area contributed by atoms with E-state index in [2.05, 4.69) is 18.4 Å². The molecule has 2 aliphatic heterocycles. The van der Waals surface area contributed by atoms with Crippen LogP contribution in [0.4, 0.5) is 0 Å². The van der Waals surface area contributed by atoms with Gasteiger partial charge in [0.1, 0.15) is 0 Å². The van der Waals surface area contributed by atoms with Gasteiger partial charge in [0, 0.05) is 12.1 Å². The minimum atomic E-state index is 0.896. The lowest BCUT2D eigenvalue weighted by molar-refractivity contribution is 0.0886. The summed E-state index contributed by atoms with van der Waals surface area (Å²) in [5, 5.41) is 0. The van der Waals surface area contributed by atoms with Gasteiger partial charge in [0.05, 0.1) is 0 Å². The molecule has 0 aromatic heterocycles. The van der Waals surface area contributed by atoms with Crippen LogP contribution in [0.3, 0.4) is 0 Å². The summed E-state index contributed by atoms with van der Waals surface area (Å²) in [6, 6.07) is 1.79. The molecule has 0 saturated carbocycles. The fraction of sp³-hybridized carbons (Fsp3) is 0.889. The van der Waals surface area contributed by atoms with Crippen molar-refractivity contribution in [3.8, 4) is 0 Å². The summed E-state index contributed by atoms with van der Waals surface area (Å²) in [6.07, 6.45) is 9.50. The van der Waals surface area contributed by atoms with E-state index in [1.165, 1.54) is 32.1 Å². The molecule has 1 radical (unpaired) electrons. The highest BCUT2D eigenvalue weighted by Crippen LogP contribution is 2.31. The fourth-order valence-electron chi connectivity index (χ4n) is 2.34. The van der Waals surface area contributed by atoms with E-state index in [4.69, 9.17) is 0 Å². The lowest BCUT2D eigenvalue weighted by atomic mass is 9.85. The van der Waals surface area contributed by atoms with E-state index in [1.54, 1.807) is 0 Å². The molecule has 57 valence electrons. The third kappa shape index (κ3) is 0.968. The monoisotopic (exact) mass is 138 g/mol. The van der Waals surface area contributed by atoms with Gasteiger partial charge in [-0.2, -0.15) is 0 Å². The first-order valence-corrected chi connectivity index (χ1v) is 4.41. The van der Waals surface area contributed by atoms with Gasteiger partial charge in [-0.15, -0.1) is 0 Å². The molecule has 2 rings (SSSR count). The van der Waals surface area contributed by atoms with E-state index in [1.807, 2.05) is 0 Å². The van der Waals surface area contributed by atoms with E-state index in [0.29, 0.717) is 0 Å². The van der Waals surface area contributed by atoms with Crippen LogP contribution in [-0.2, 0) is 0 Å². The maximum absolute atomic E-state index is 2.59. The Bertz CT molecular complexity index is 99.9. The average molecular weight is 138 g/mol. The zero-order valence-electron chi connectivity index (χ0n) is 6.71. The second kappa shape index (κ2) is 2.54. The molecule has 1 heteroatoms. The molecule has 10 heavy (non-hydrogen) atoms. The Balaban J connectivity index is 2.05. The summed E-state index contributed by atoms with van der Waals surface area (Å²) in [5.74, 6) is 0. The van der Waals surface area contributed by atoms with E-state index in [-0.39, 0.29) is 0 Å². The molecule has 0 amide bonds. The standard InChI is InChI=1S/C9H16N/c1-10-8-4-2-5-9(10)7-3-6-8/h2,8-9H,3-7H2,1H3. The lowest BCUT2D eigenvalue weighted by Crippen LogP contribution is -2.47. The van der Waals surface area contributed by atoms with E-state index in [9.17, 15) is 0 Å². The number of rotatable bonds is 0. The maximum atomic E-state index is 2.59. The molecule has 2 saturated heterocycles. The van der Waals surface area contributed by atoms with Crippen molar-refractivity contribution in [1.29, 1.82) is 0 Å². The molecule has 2 atom stereocenters. The Kier molecular flexibility index (Phi) is 1.69. The number of fused-ring (bicyclic) bond motifs is 2. The van der Waals surface area contributed by atoms with Gasteiger partial charge in [-0.05, 0) is 39.2 Å². The smallest absolute Gasteiger partial charge is 0.00979 e. The Hall–Kier alpha value is -0.0400. The number of hydrogen-bond donors (Lipinski definition) is 0. The van der Waals surface area contributed by atoms with Gasteiger partial charge in [0.15, 0.2) is 0 Å². The first-order valence-electron chi connectivity index (χ1n) is 4.41. The van der Waals surface area contributed by atoms with Gasteiger partial charge in [-0.25, -0.2) is 0 Å². The molecule has 1 nitrogen and oxygen atoms in total. The predicted molar refractivity (Wildman–Crippen MR) is 42.7 cm³/mol. The number of hydrogen-bond acceptors (Lipinski definition) is 1. The van der Waals surface area contributed by atoms with Gasteiger partial charge in [-0.3, -0.25) is 0 Å². The highest BCUT2D eigenvalue weighted by Gasteiger charge is 2.30. The molecular weight excluding hydrogens is 122 g/mol. The Morgan fingerprint density at radius 2 is 1.80 bits per heavy atom. The molecule has 2 bridgehead atoms. The summed E-state index contributed by atoms with van der Waals surface area (Å²) in [5.41, 5.74) is 0. The Labute approximate surface area is 63.4 Å². The first kappa shape index (κ1) is 6.66. The zero-order valence-corrected chi connectivity index (χ0v) is 6.71. The van der Waals surface area contributed by atoms with E-state index in [0.717, 1.165) is 12.1 Å². The van der Waals surface area contributed by atoms with Crippen LogP contribution in [0, 0.1) is 6.42 Å². The minimum Gasteiger partial charge on any atom is -0.300 e. The minimum absolute atomic E-state index is 0.896. The Morgan fingerprint density at radius 1 is 1.20 bits per heavy atom. The van der Waals surface area contributed by atoms with E-state index >= 15 is 0 Å². The largest absolute Gasteiger partial charge is 0.300 e. The van der Waals surface area contributed by atoms with Gasteiger partial charge in [0.25, 0.3) is 0 Å². The van der Waals surface area contributed by atoms with Crippen LogP contribution in [-0.4, -0.2) is 24.0 Å². The molecule has 0 aromatic carbocycles. The van der Waals surface area contributed by atoms with Crippen molar-refractivity contribution >= 4 is 0 Å². The summed E-state index contributed by atoms with van der Waals surface area (Å²) in [7, 11) is 2.29. The topological polar surface area (TPSA) is 3.24 Å². The highest BCUT2D eigenvalue weighted by molar-refractivity contribution is 4.93. The van der Waals surface area contributed by atoms with Crippen LogP contribution in [0.15, 0.2) is 0 Å². The van der Waals surface area contributed by atoms with Crippen molar-refractivity contribution in [1.82, 2.24) is 4.90 Å². The van der Waals surface area contributed by atoms with Crippen molar-refractivity contribution in [2.24, 2.45) is 0 Å². The maximum Gasteiger partial charge on any atom is 0.00979 e. The highest BCUT2D eigenvalue weighted by atomic mass is 15.2. The van der Waals surface area contributed by atoms with Gasteiger partial charge in [-0.1, -0.05) is 6.42 Å². The molecule has 0 aliphatic carbocycles. The van der Waals surface area contributed by atoms with Crippen LogP contribution in [0.5, 0.6) is 0 Å². The van der Waals surface area contributed by atoms with Crippen LogP contribution in [0.2, 0.25) is 0 Å². The van der Waals surface area contributed by atoms with Crippen molar-refractivity contribution < 1.29 is 0 Å².